The molecular weight excluding hydrogens is 304 g/mol. The Labute approximate surface area is 121 Å². The molecule has 0 bridgehead atoms. The normalized spacial score (nSPS) is 11.3. The van der Waals surface area contributed by atoms with Crippen LogP contribution < -0.4 is 10.0 Å². The van der Waals surface area contributed by atoms with Gasteiger partial charge in [-0.15, -0.1) is 0 Å². The average molecular weight is 317 g/mol. The van der Waals surface area contributed by atoms with Gasteiger partial charge in [0.25, 0.3) is 10.0 Å². The molecule has 108 valence electrons. The number of nitrogens with zero attached hydrogens (tertiary/aromatic N) is 2. The van der Waals surface area contributed by atoms with Crippen LogP contribution in [0.1, 0.15) is 13.3 Å². The molecule has 0 aromatic carbocycles. The molecule has 20 heavy (non-hydrogen) atoms. The van der Waals surface area contributed by atoms with Gasteiger partial charge in [-0.1, -0.05) is 23.7 Å². The van der Waals surface area contributed by atoms with Crippen LogP contribution in [0.2, 0.25) is 5.02 Å². The molecule has 2 aromatic heterocycles. The molecule has 0 spiro atoms. The summed E-state index contributed by atoms with van der Waals surface area (Å²) in [5, 5.41) is 6.66. The molecule has 9 heteroatoms. The zero-order valence-corrected chi connectivity index (χ0v) is 12.2. The van der Waals surface area contributed by atoms with E-state index in [0.29, 0.717) is 12.4 Å². The van der Waals surface area contributed by atoms with Crippen LogP contribution in [0.15, 0.2) is 34.1 Å². The van der Waals surface area contributed by atoms with E-state index in [0.717, 1.165) is 6.42 Å². The Hall–Kier alpha value is -1.80. The molecule has 0 aliphatic rings. The summed E-state index contributed by atoms with van der Waals surface area (Å²) < 4.78 is 31.0. The van der Waals surface area contributed by atoms with E-state index in [2.05, 4.69) is 24.7 Å². The van der Waals surface area contributed by atoms with Gasteiger partial charge in [0.15, 0.2) is 0 Å². The highest BCUT2D eigenvalue weighted by atomic mass is 35.5. The highest BCUT2D eigenvalue weighted by Crippen LogP contribution is 2.23. The Bertz CT molecular complexity index is 673. The van der Waals surface area contributed by atoms with Crippen molar-refractivity contribution in [2.75, 3.05) is 16.6 Å². The second kappa shape index (κ2) is 6.10. The molecule has 0 fully saturated rings. The first kappa shape index (κ1) is 14.6. The predicted octanol–water partition coefficient (Wildman–Crippen LogP) is 2.35. The Balaban J connectivity index is 2.22. The van der Waals surface area contributed by atoms with Crippen LogP contribution in [0.25, 0.3) is 0 Å². The lowest BCUT2D eigenvalue weighted by Gasteiger charge is -2.09. The third kappa shape index (κ3) is 3.40. The molecule has 0 saturated carbocycles. The van der Waals surface area contributed by atoms with Gasteiger partial charge in [0, 0.05) is 12.7 Å². The molecule has 2 heterocycles. The highest BCUT2D eigenvalue weighted by Gasteiger charge is 2.17. The van der Waals surface area contributed by atoms with Crippen molar-refractivity contribution >= 4 is 33.1 Å². The standard InChI is InChI=1S/C11H13ClN4O3S/c1-2-3-13-11-10(12)4-9(6-14-11)20(17,18)16-8-5-15-19-7-8/h4-7,16H,2-3H2,1H3,(H,13,14). The molecule has 0 saturated heterocycles. The number of aromatic nitrogens is 2. The third-order valence-corrected chi connectivity index (χ3v) is 3.99. The van der Waals surface area contributed by atoms with Crippen molar-refractivity contribution in [1.29, 1.82) is 0 Å². The number of sulfonamides is 1. The van der Waals surface area contributed by atoms with E-state index >= 15 is 0 Å². The number of pyridine rings is 1. The van der Waals surface area contributed by atoms with Crippen molar-refractivity contribution in [1.82, 2.24) is 10.1 Å². The number of hydrogen-bond acceptors (Lipinski definition) is 6. The summed E-state index contributed by atoms with van der Waals surface area (Å²) in [4.78, 5) is 3.97. The van der Waals surface area contributed by atoms with Crippen LogP contribution in [0.4, 0.5) is 11.5 Å². The van der Waals surface area contributed by atoms with Crippen molar-refractivity contribution in [3.8, 4) is 0 Å². The van der Waals surface area contributed by atoms with Gasteiger partial charge in [0.2, 0.25) is 0 Å². The third-order valence-electron chi connectivity index (χ3n) is 2.35. The topological polar surface area (TPSA) is 97.1 Å². The fraction of sp³-hybridized carbons (Fsp3) is 0.273. The Kier molecular flexibility index (Phi) is 4.46. The van der Waals surface area contributed by atoms with Crippen LogP contribution in [0, 0.1) is 0 Å². The van der Waals surface area contributed by atoms with E-state index in [1.807, 2.05) is 6.92 Å². The molecule has 2 rings (SSSR count). The first-order valence-corrected chi connectivity index (χ1v) is 7.70. The van der Waals surface area contributed by atoms with E-state index in [9.17, 15) is 8.42 Å². The SMILES string of the molecule is CCCNc1ncc(S(=O)(=O)Nc2cnoc2)cc1Cl. The number of rotatable bonds is 6. The second-order valence-electron chi connectivity index (χ2n) is 3.95. The van der Waals surface area contributed by atoms with Gasteiger partial charge in [-0.3, -0.25) is 4.72 Å². The monoisotopic (exact) mass is 316 g/mol. The van der Waals surface area contributed by atoms with Gasteiger partial charge in [-0.25, -0.2) is 13.4 Å². The highest BCUT2D eigenvalue weighted by molar-refractivity contribution is 7.92. The maximum atomic E-state index is 12.1. The first-order chi connectivity index (χ1) is 9.53. The minimum Gasteiger partial charge on any atom is -0.369 e. The van der Waals surface area contributed by atoms with Crippen molar-refractivity contribution in [3.05, 3.63) is 29.7 Å². The van der Waals surface area contributed by atoms with Crippen molar-refractivity contribution < 1.29 is 12.9 Å². The molecular formula is C11H13ClN4O3S. The van der Waals surface area contributed by atoms with Gasteiger partial charge < -0.3 is 9.84 Å². The molecule has 2 aromatic rings. The predicted molar refractivity (Wildman–Crippen MR) is 75.3 cm³/mol. The number of anilines is 2. The lowest BCUT2D eigenvalue weighted by atomic mass is 10.4. The minimum absolute atomic E-state index is 0.0363. The largest absolute Gasteiger partial charge is 0.369 e. The summed E-state index contributed by atoms with van der Waals surface area (Å²) in [6.45, 7) is 2.71. The maximum Gasteiger partial charge on any atom is 0.263 e. The van der Waals surface area contributed by atoms with Crippen molar-refractivity contribution in [2.45, 2.75) is 18.2 Å². The molecule has 0 aliphatic heterocycles. The fourth-order valence-electron chi connectivity index (χ4n) is 1.41. The summed E-state index contributed by atoms with van der Waals surface area (Å²) in [6, 6.07) is 1.34. The zero-order valence-electron chi connectivity index (χ0n) is 10.6. The van der Waals surface area contributed by atoms with Crippen molar-refractivity contribution in [2.24, 2.45) is 0 Å². The van der Waals surface area contributed by atoms with Gasteiger partial charge in [0.1, 0.15) is 22.7 Å². The van der Waals surface area contributed by atoms with Gasteiger partial charge in [0.05, 0.1) is 11.2 Å². The molecule has 2 N–H and O–H groups in total. The lowest BCUT2D eigenvalue weighted by Crippen LogP contribution is -2.13. The van der Waals surface area contributed by atoms with E-state index in [1.165, 1.54) is 24.7 Å². The van der Waals surface area contributed by atoms with Crippen LogP contribution in [-0.4, -0.2) is 25.1 Å². The van der Waals surface area contributed by atoms with E-state index in [-0.39, 0.29) is 15.6 Å². The van der Waals surface area contributed by atoms with Crippen LogP contribution in [-0.2, 0) is 10.0 Å². The Morgan fingerprint density at radius 1 is 1.40 bits per heavy atom. The summed E-state index contributed by atoms with van der Waals surface area (Å²) in [5.41, 5.74) is 0.231. The second-order valence-corrected chi connectivity index (χ2v) is 6.04. The first-order valence-electron chi connectivity index (χ1n) is 5.84. The maximum absolute atomic E-state index is 12.1. The quantitative estimate of drug-likeness (QED) is 0.849. The molecule has 0 atom stereocenters. The van der Waals surface area contributed by atoms with Gasteiger partial charge >= 0.3 is 0 Å². The van der Waals surface area contributed by atoms with E-state index in [1.54, 1.807) is 0 Å². The molecule has 0 radical (unpaired) electrons. The summed E-state index contributed by atoms with van der Waals surface area (Å²) in [7, 11) is -3.77. The van der Waals surface area contributed by atoms with Gasteiger partial charge in [-0.05, 0) is 12.5 Å². The van der Waals surface area contributed by atoms with Crippen LogP contribution in [0.5, 0.6) is 0 Å². The Morgan fingerprint density at radius 2 is 2.20 bits per heavy atom. The molecule has 7 nitrogen and oxygen atoms in total. The molecule has 0 aliphatic carbocycles. The fourth-order valence-corrected chi connectivity index (χ4v) is 2.70. The van der Waals surface area contributed by atoms with Gasteiger partial charge in [-0.2, -0.15) is 0 Å². The number of hydrogen-bond donors (Lipinski definition) is 2. The van der Waals surface area contributed by atoms with Crippen LogP contribution in [0.3, 0.4) is 0 Å². The molecule has 0 amide bonds. The van der Waals surface area contributed by atoms with Crippen LogP contribution >= 0.6 is 11.6 Å². The van der Waals surface area contributed by atoms with E-state index in [4.69, 9.17) is 11.6 Å². The zero-order chi connectivity index (χ0) is 14.6. The summed E-state index contributed by atoms with van der Waals surface area (Å²) in [6.07, 6.45) is 4.58. The number of nitrogens with one attached hydrogen (secondary N) is 2. The minimum atomic E-state index is -3.77. The van der Waals surface area contributed by atoms with Crippen molar-refractivity contribution in [3.63, 3.8) is 0 Å². The average Bonchev–Trinajstić information content (AvgIpc) is 2.89. The van der Waals surface area contributed by atoms with E-state index < -0.39 is 10.0 Å². The summed E-state index contributed by atoms with van der Waals surface area (Å²) in [5.74, 6) is 0.456. The summed E-state index contributed by atoms with van der Waals surface area (Å²) >= 11 is 6.00. The smallest absolute Gasteiger partial charge is 0.263 e. The Morgan fingerprint density at radius 3 is 2.80 bits per heavy atom. The lowest BCUT2D eigenvalue weighted by molar-refractivity contribution is 0.420. The molecule has 0 unspecified atom stereocenters. The number of halogens is 1.